The number of nitrogens with one attached hydrogen (secondary N) is 1. The zero-order chi connectivity index (χ0) is 22.6. The maximum absolute atomic E-state index is 13.2. The molecule has 170 valence electrons. The third-order valence-corrected chi connectivity index (χ3v) is 8.19. The Kier molecular flexibility index (Phi) is 6.62. The summed E-state index contributed by atoms with van der Waals surface area (Å²) in [5, 5.41) is 2.98. The summed E-state index contributed by atoms with van der Waals surface area (Å²) in [5.41, 5.74) is 0.797. The Balaban J connectivity index is 1.48. The van der Waals surface area contributed by atoms with Crippen LogP contribution in [0, 0.1) is 11.2 Å². The van der Waals surface area contributed by atoms with E-state index in [4.69, 9.17) is 4.74 Å². The van der Waals surface area contributed by atoms with Crippen molar-refractivity contribution in [3.8, 4) is 5.75 Å². The van der Waals surface area contributed by atoms with Crippen LogP contribution in [-0.4, -0.2) is 44.9 Å². The van der Waals surface area contributed by atoms with Crippen LogP contribution in [0.3, 0.4) is 0 Å². The Hall–Kier alpha value is -2.71. The number of sulfonamides is 1. The van der Waals surface area contributed by atoms with E-state index in [9.17, 15) is 17.6 Å². The standard InChI is InChI=1S/C24H27FN2O4S/c25-20-8-10-21(11-9-20)32(29,30)27-15-13-24(14-16-27)12-4-3-6-19-5-1-2-7-22(19)31-17-23(28)26-18-24/h1-5,7-11H,6,12-18H2,(H,26,28)/b4-3+. The van der Waals surface area contributed by atoms with Crippen molar-refractivity contribution >= 4 is 15.9 Å². The molecule has 1 fully saturated rings. The van der Waals surface area contributed by atoms with Crippen LogP contribution in [0.15, 0.2) is 65.6 Å². The fourth-order valence-corrected chi connectivity index (χ4v) is 5.69. The van der Waals surface area contributed by atoms with Crippen molar-refractivity contribution in [3.63, 3.8) is 0 Å². The summed E-state index contributed by atoms with van der Waals surface area (Å²) in [5.74, 6) is 0.0518. The molecule has 4 rings (SSSR count). The lowest BCUT2D eigenvalue weighted by Crippen LogP contribution is -2.48. The third-order valence-electron chi connectivity index (χ3n) is 6.28. The maximum Gasteiger partial charge on any atom is 0.257 e. The van der Waals surface area contributed by atoms with Crippen LogP contribution < -0.4 is 10.1 Å². The van der Waals surface area contributed by atoms with E-state index in [-0.39, 0.29) is 22.8 Å². The van der Waals surface area contributed by atoms with E-state index in [1.807, 2.05) is 24.3 Å². The van der Waals surface area contributed by atoms with Crippen molar-refractivity contribution < 1.29 is 22.3 Å². The molecule has 1 spiro atoms. The van der Waals surface area contributed by atoms with Gasteiger partial charge in [-0.15, -0.1) is 0 Å². The summed E-state index contributed by atoms with van der Waals surface area (Å²) in [7, 11) is -3.68. The molecule has 0 aliphatic carbocycles. The van der Waals surface area contributed by atoms with Gasteiger partial charge in [0.05, 0.1) is 4.90 Å². The number of nitrogens with zero attached hydrogens (tertiary/aromatic N) is 1. The van der Waals surface area contributed by atoms with Crippen LogP contribution in [0.1, 0.15) is 24.8 Å². The number of amides is 1. The molecular weight excluding hydrogens is 431 g/mol. The highest BCUT2D eigenvalue weighted by molar-refractivity contribution is 7.89. The van der Waals surface area contributed by atoms with Gasteiger partial charge in [0, 0.05) is 19.6 Å². The average molecular weight is 459 g/mol. The number of hydrogen-bond donors (Lipinski definition) is 1. The Morgan fingerprint density at radius 3 is 2.47 bits per heavy atom. The van der Waals surface area contributed by atoms with Gasteiger partial charge in [-0.25, -0.2) is 12.8 Å². The quantitative estimate of drug-likeness (QED) is 0.701. The second-order valence-electron chi connectivity index (χ2n) is 8.41. The molecule has 8 heteroatoms. The van der Waals surface area contributed by atoms with Crippen LogP contribution in [0.4, 0.5) is 4.39 Å². The minimum absolute atomic E-state index is 0.0537. The van der Waals surface area contributed by atoms with E-state index < -0.39 is 15.8 Å². The molecule has 1 amide bonds. The van der Waals surface area contributed by atoms with E-state index in [1.54, 1.807) is 0 Å². The number of halogens is 1. The van der Waals surface area contributed by atoms with Crippen molar-refractivity contribution in [2.45, 2.75) is 30.6 Å². The Labute approximate surface area is 188 Å². The van der Waals surface area contributed by atoms with Gasteiger partial charge >= 0.3 is 0 Å². The second-order valence-corrected chi connectivity index (χ2v) is 10.3. The first-order valence-electron chi connectivity index (χ1n) is 10.8. The Morgan fingerprint density at radius 1 is 1.00 bits per heavy atom. The highest BCUT2D eigenvalue weighted by Gasteiger charge is 2.38. The van der Waals surface area contributed by atoms with Gasteiger partial charge in [0.25, 0.3) is 5.91 Å². The van der Waals surface area contributed by atoms with E-state index in [1.165, 1.54) is 16.4 Å². The minimum atomic E-state index is -3.68. The number of carbonyl (C=O) groups is 1. The number of hydrogen-bond acceptors (Lipinski definition) is 4. The first-order valence-corrected chi connectivity index (χ1v) is 12.2. The molecule has 0 radical (unpaired) electrons. The fourth-order valence-electron chi connectivity index (χ4n) is 4.25. The van der Waals surface area contributed by atoms with Crippen LogP contribution in [0.5, 0.6) is 5.75 Å². The summed E-state index contributed by atoms with van der Waals surface area (Å²) in [6.45, 7) is 1.11. The van der Waals surface area contributed by atoms with Crippen LogP contribution in [0.2, 0.25) is 0 Å². The van der Waals surface area contributed by atoms with Gasteiger partial charge in [0.15, 0.2) is 6.61 Å². The molecule has 0 bridgehead atoms. The van der Waals surface area contributed by atoms with Gasteiger partial charge in [-0.1, -0.05) is 30.4 Å². The summed E-state index contributed by atoms with van der Waals surface area (Å²) in [6, 6.07) is 12.6. The normalized spacial score (nSPS) is 20.8. The number of ether oxygens (including phenoxy) is 1. The summed E-state index contributed by atoms with van der Waals surface area (Å²) in [6.07, 6.45) is 6.92. The highest BCUT2D eigenvalue weighted by atomic mass is 32.2. The van der Waals surface area contributed by atoms with Crippen LogP contribution in [-0.2, 0) is 21.2 Å². The number of allylic oxidation sites excluding steroid dienone is 2. The lowest BCUT2D eigenvalue weighted by Gasteiger charge is -2.41. The molecule has 2 heterocycles. The lowest BCUT2D eigenvalue weighted by atomic mass is 9.76. The van der Waals surface area contributed by atoms with Crippen molar-refractivity contribution in [3.05, 3.63) is 72.1 Å². The summed E-state index contributed by atoms with van der Waals surface area (Å²) >= 11 is 0. The largest absolute Gasteiger partial charge is 0.483 e. The average Bonchev–Trinajstić information content (AvgIpc) is 2.80. The number of benzene rings is 2. The molecule has 2 aromatic carbocycles. The van der Waals surface area contributed by atoms with Gasteiger partial charge in [-0.05, 0) is 67.0 Å². The molecule has 1 N–H and O–H groups in total. The molecule has 0 unspecified atom stereocenters. The third kappa shape index (κ3) is 5.02. The fraction of sp³-hybridized carbons (Fsp3) is 0.375. The van der Waals surface area contributed by atoms with E-state index in [0.717, 1.165) is 24.1 Å². The van der Waals surface area contributed by atoms with Gasteiger partial charge < -0.3 is 10.1 Å². The summed E-state index contributed by atoms with van der Waals surface area (Å²) in [4.78, 5) is 12.5. The second kappa shape index (κ2) is 9.42. The molecule has 0 aromatic heterocycles. The van der Waals surface area contributed by atoms with Gasteiger partial charge in [0.1, 0.15) is 11.6 Å². The van der Waals surface area contributed by atoms with E-state index in [2.05, 4.69) is 17.5 Å². The van der Waals surface area contributed by atoms with Crippen molar-refractivity contribution in [1.29, 1.82) is 0 Å². The smallest absolute Gasteiger partial charge is 0.257 e. The van der Waals surface area contributed by atoms with Crippen molar-refractivity contribution in [2.75, 3.05) is 26.2 Å². The molecule has 32 heavy (non-hydrogen) atoms. The van der Waals surface area contributed by atoms with E-state index >= 15 is 0 Å². The Bertz CT molecular complexity index is 1090. The molecule has 2 aliphatic heterocycles. The summed E-state index contributed by atoms with van der Waals surface area (Å²) < 4.78 is 46.3. The number of rotatable bonds is 2. The molecule has 2 aliphatic rings. The molecular formula is C24H27FN2O4S. The SMILES string of the molecule is O=C1COc2ccccc2C/C=C/CC2(CCN(S(=O)(=O)c3ccc(F)cc3)CC2)CN1. The Morgan fingerprint density at radius 2 is 1.72 bits per heavy atom. The topological polar surface area (TPSA) is 75.7 Å². The van der Waals surface area contributed by atoms with Crippen LogP contribution >= 0.6 is 0 Å². The monoisotopic (exact) mass is 458 g/mol. The number of carbonyl (C=O) groups excluding carboxylic acids is 1. The van der Waals surface area contributed by atoms with Gasteiger partial charge in [0.2, 0.25) is 10.0 Å². The van der Waals surface area contributed by atoms with E-state index in [0.29, 0.717) is 44.6 Å². The number of fused-ring (bicyclic) bond motifs is 1. The van der Waals surface area contributed by atoms with Gasteiger partial charge in [-0.2, -0.15) is 4.31 Å². The molecule has 0 atom stereocenters. The molecule has 2 aromatic rings. The predicted octanol–water partition coefficient (Wildman–Crippen LogP) is 3.29. The van der Waals surface area contributed by atoms with Crippen LogP contribution in [0.25, 0.3) is 0 Å². The minimum Gasteiger partial charge on any atom is -0.483 e. The zero-order valence-corrected chi connectivity index (χ0v) is 18.6. The first-order chi connectivity index (χ1) is 15.4. The van der Waals surface area contributed by atoms with Crippen molar-refractivity contribution in [1.82, 2.24) is 9.62 Å². The number of para-hydroxylation sites is 1. The first kappa shape index (κ1) is 22.5. The zero-order valence-electron chi connectivity index (χ0n) is 17.8. The molecule has 0 saturated carbocycles. The predicted molar refractivity (Wildman–Crippen MR) is 119 cm³/mol. The molecule has 1 saturated heterocycles. The van der Waals surface area contributed by atoms with Gasteiger partial charge in [-0.3, -0.25) is 4.79 Å². The maximum atomic E-state index is 13.2. The highest BCUT2D eigenvalue weighted by Crippen LogP contribution is 2.37. The lowest BCUT2D eigenvalue weighted by molar-refractivity contribution is -0.123. The van der Waals surface area contributed by atoms with Crippen molar-refractivity contribution in [2.24, 2.45) is 5.41 Å². The molecule has 6 nitrogen and oxygen atoms in total. The number of piperidine rings is 1.